The Morgan fingerprint density at radius 2 is 1.84 bits per heavy atom. The smallest absolute Gasteiger partial charge is 0.360 e. The number of nitrogens with zero attached hydrogens (tertiary/aromatic N) is 2. The van der Waals surface area contributed by atoms with Crippen molar-refractivity contribution >= 4 is 40.0 Å². The predicted molar refractivity (Wildman–Crippen MR) is 109 cm³/mol. The molecular weight excluding hydrogens is 454 g/mol. The Morgan fingerprint density at radius 3 is 2.52 bits per heavy atom. The Labute approximate surface area is 184 Å². The number of nitrogens with one attached hydrogen (secondary N) is 1. The summed E-state index contributed by atoms with van der Waals surface area (Å²) in [6.07, 6.45) is -5.74. The largest absolute Gasteiger partial charge is 0.400 e. The van der Waals surface area contributed by atoms with Gasteiger partial charge in [0.05, 0.1) is 15.6 Å². The number of ketones is 1. The maximum Gasteiger partial charge on any atom is 0.400 e. The van der Waals surface area contributed by atoms with Crippen LogP contribution in [-0.4, -0.2) is 22.1 Å². The monoisotopic (exact) mass is 468 g/mol. The number of Topliss-reactive ketones (excluding diaryl/α,β-unsaturated/α-hetero) is 1. The molecule has 0 fully saturated rings. The molecule has 0 saturated carbocycles. The highest BCUT2D eigenvalue weighted by Crippen LogP contribution is 2.29. The Kier molecular flexibility index (Phi) is 5.53. The highest BCUT2D eigenvalue weighted by atomic mass is 35.5. The number of carbonyl (C=O) groups is 1. The van der Waals surface area contributed by atoms with E-state index in [-0.39, 0.29) is 33.7 Å². The third-order valence-corrected chi connectivity index (χ3v) is 5.51. The van der Waals surface area contributed by atoms with Gasteiger partial charge in [-0.25, -0.2) is 9.55 Å². The number of fused-ring (bicyclic) bond motifs is 1. The van der Waals surface area contributed by atoms with Crippen molar-refractivity contribution in [1.82, 2.24) is 10.1 Å². The Morgan fingerprint density at radius 1 is 1.16 bits per heavy atom. The maximum atomic E-state index is 13.2. The van der Waals surface area contributed by atoms with Crippen LogP contribution < -0.4 is 4.57 Å². The highest BCUT2D eigenvalue weighted by molar-refractivity contribution is 6.42. The number of rotatable bonds is 5. The minimum Gasteiger partial charge on any atom is -0.360 e. The van der Waals surface area contributed by atoms with E-state index in [1.165, 1.54) is 16.7 Å². The van der Waals surface area contributed by atoms with Crippen molar-refractivity contribution < 1.29 is 27.1 Å². The number of hydrogen-bond donors (Lipinski definition) is 1. The van der Waals surface area contributed by atoms with Crippen molar-refractivity contribution in [2.24, 2.45) is 0 Å². The first-order valence-electron chi connectivity index (χ1n) is 9.15. The van der Waals surface area contributed by atoms with Crippen LogP contribution >= 0.6 is 23.2 Å². The molecule has 0 atom stereocenters. The van der Waals surface area contributed by atoms with Crippen LogP contribution in [0.25, 0.3) is 22.3 Å². The second-order valence-corrected chi connectivity index (χ2v) is 7.80. The normalized spacial score (nSPS) is 11.9. The number of aromatic nitrogens is 3. The third kappa shape index (κ3) is 4.31. The molecule has 160 valence electrons. The molecular formula is C21H15Cl2F3N3O2+. The molecule has 2 aromatic heterocycles. The average molecular weight is 469 g/mol. The first-order chi connectivity index (χ1) is 14.6. The number of benzene rings is 2. The Bertz CT molecular complexity index is 1280. The van der Waals surface area contributed by atoms with Crippen molar-refractivity contribution in [3.8, 4) is 11.3 Å². The summed E-state index contributed by atoms with van der Waals surface area (Å²) < 4.78 is 46.0. The molecule has 0 aliphatic rings. The van der Waals surface area contributed by atoms with Crippen LogP contribution in [0, 0.1) is 6.92 Å². The zero-order chi connectivity index (χ0) is 22.3. The summed E-state index contributed by atoms with van der Waals surface area (Å²) in [7, 11) is 0. The third-order valence-electron chi connectivity index (χ3n) is 4.79. The molecule has 0 radical (unpaired) electrons. The molecule has 0 saturated heterocycles. The zero-order valence-electron chi connectivity index (χ0n) is 16.1. The predicted octanol–water partition coefficient (Wildman–Crippen LogP) is 5.71. The highest BCUT2D eigenvalue weighted by Gasteiger charge is 2.36. The van der Waals surface area contributed by atoms with Crippen molar-refractivity contribution in [3.63, 3.8) is 0 Å². The molecule has 0 unspecified atom stereocenters. The van der Waals surface area contributed by atoms with E-state index in [9.17, 15) is 18.0 Å². The van der Waals surface area contributed by atoms with E-state index in [0.717, 1.165) is 0 Å². The van der Waals surface area contributed by atoms with E-state index in [4.69, 9.17) is 27.7 Å². The molecule has 10 heteroatoms. The minimum absolute atomic E-state index is 0.166. The molecule has 0 amide bonds. The van der Waals surface area contributed by atoms with Crippen LogP contribution in [0.4, 0.5) is 13.2 Å². The van der Waals surface area contributed by atoms with Crippen LogP contribution in [0.1, 0.15) is 21.9 Å². The lowest BCUT2D eigenvalue weighted by atomic mass is 10.0. The van der Waals surface area contributed by atoms with Gasteiger partial charge in [0, 0.05) is 17.7 Å². The number of alkyl halides is 3. The molecule has 0 aliphatic heterocycles. The van der Waals surface area contributed by atoms with Crippen LogP contribution in [0.15, 0.2) is 47.0 Å². The number of aryl methyl sites for hydroxylation is 1. The van der Waals surface area contributed by atoms with Crippen LogP contribution in [0.2, 0.25) is 10.0 Å². The molecule has 4 rings (SSSR count). The van der Waals surface area contributed by atoms with Gasteiger partial charge in [0.2, 0.25) is 5.78 Å². The fraction of sp³-hybridized carbons (Fsp3) is 0.190. The first-order valence-corrected chi connectivity index (χ1v) is 9.90. The van der Waals surface area contributed by atoms with Gasteiger partial charge in [-0.15, -0.1) is 0 Å². The van der Waals surface area contributed by atoms with E-state index in [1.54, 1.807) is 31.2 Å². The van der Waals surface area contributed by atoms with E-state index in [0.29, 0.717) is 22.3 Å². The average Bonchev–Trinajstić information content (AvgIpc) is 3.22. The number of carbonyl (C=O) groups excluding carboxylic acids is 1. The summed E-state index contributed by atoms with van der Waals surface area (Å²) in [4.78, 5) is 15.9. The summed E-state index contributed by atoms with van der Waals surface area (Å²) in [6, 6.07) is 11.8. The molecule has 2 aromatic carbocycles. The lowest BCUT2D eigenvalue weighted by Crippen LogP contribution is -2.42. The van der Waals surface area contributed by atoms with Crippen LogP contribution in [-0.2, 0) is 13.0 Å². The zero-order valence-corrected chi connectivity index (χ0v) is 17.6. The van der Waals surface area contributed by atoms with E-state index in [2.05, 4.69) is 10.1 Å². The van der Waals surface area contributed by atoms with Crippen molar-refractivity contribution in [1.29, 1.82) is 0 Å². The van der Waals surface area contributed by atoms with Gasteiger partial charge in [0.1, 0.15) is 17.9 Å². The SMILES string of the molecule is Cc1onc(-c2ccccc2)c1C(=O)C[n+]1c(CC(F)(F)F)[nH]c2cc(Cl)c(Cl)cc21. The van der Waals surface area contributed by atoms with Crippen LogP contribution in [0.5, 0.6) is 0 Å². The van der Waals surface area contributed by atoms with Gasteiger partial charge >= 0.3 is 6.18 Å². The lowest BCUT2D eigenvalue weighted by molar-refractivity contribution is -0.666. The van der Waals surface area contributed by atoms with Gasteiger partial charge in [0.25, 0.3) is 5.82 Å². The van der Waals surface area contributed by atoms with Gasteiger partial charge in [-0.2, -0.15) is 13.2 Å². The second-order valence-electron chi connectivity index (χ2n) is 6.98. The number of hydrogen-bond acceptors (Lipinski definition) is 3. The molecule has 2 heterocycles. The topological polar surface area (TPSA) is 62.8 Å². The van der Waals surface area contributed by atoms with E-state index < -0.39 is 18.4 Å². The van der Waals surface area contributed by atoms with Crippen molar-refractivity contribution in [2.45, 2.75) is 26.1 Å². The number of aromatic amines is 1. The maximum absolute atomic E-state index is 13.2. The molecule has 1 N–H and O–H groups in total. The molecule has 31 heavy (non-hydrogen) atoms. The number of H-pyrrole nitrogens is 1. The summed E-state index contributed by atoms with van der Waals surface area (Å²) >= 11 is 12.1. The number of imidazole rings is 1. The molecule has 5 nitrogen and oxygen atoms in total. The van der Waals surface area contributed by atoms with Gasteiger partial charge in [0.15, 0.2) is 17.6 Å². The fourth-order valence-corrected chi connectivity index (χ4v) is 3.78. The minimum atomic E-state index is -4.48. The summed E-state index contributed by atoms with van der Waals surface area (Å²) in [5.74, 6) is -0.356. The molecule has 0 spiro atoms. The van der Waals surface area contributed by atoms with Crippen molar-refractivity contribution in [3.05, 3.63) is 69.7 Å². The van der Waals surface area contributed by atoms with Crippen LogP contribution in [0.3, 0.4) is 0 Å². The first kappa shape index (κ1) is 21.4. The van der Waals surface area contributed by atoms with Gasteiger partial charge in [-0.1, -0.05) is 58.7 Å². The molecule has 0 aliphatic carbocycles. The quantitative estimate of drug-likeness (QED) is 0.301. The van der Waals surface area contributed by atoms with E-state index in [1.807, 2.05) is 6.07 Å². The Hall–Kier alpha value is -2.84. The van der Waals surface area contributed by atoms with Gasteiger partial charge in [-0.3, -0.25) is 4.79 Å². The second kappa shape index (κ2) is 8.01. The lowest BCUT2D eigenvalue weighted by Gasteiger charge is -2.06. The van der Waals surface area contributed by atoms with Gasteiger partial charge < -0.3 is 4.52 Å². The van der Waals surface area contributed by atoms with Crippen molar-refractivity contribution in [2.75, 3.05) is 0 Å². The standard InChI is InChI=1S/C21H14Cl2F3N3O2/c1-11-19(20(28-31-11)12-5-3-2-4-6-12)17(30)10-29-16-8-14(23)13(22)7-15(16)27-18(29)9-21(24,25)26/h2-8H,9-10H2,1H3/p+1. The fourth-order valence-electron chi connectivity index (χ4n) is 3.45. The molecule has 0 bridgehead atoms. The summed E-state index contributed by atoms with van der Waals surface area (Å²) in [6.45, 7) is 1.21. The van der Waals surface area contributed by atoms with E-state index >= 15 is 0 Å². The number of halogens is 5. The summed E-state index contributed by atoms with van der Waals surface area (Å²) in [5, 5.41) is 4.33. The molecule has 4 aromatic rings. The van der Waals surface area contributed by atoms with Gasteiger partial charge in [-0.05, 0) is 6.92 Å². The Balaban J connectivity index is 1.80. The summed E-state index contributed by atoms with van der Waals surface area (Å²) in [5.41, 5.74) is 1.88.